The standard InChI is InChI=1S/C37H25N/c1-3-12-26(13-4-1)37(27-14-5-2-6-15-27)33-20-9-7-16-29(33)31-19-11-18-28(36(31)37)25-22-23-35-32(24-25)30-17-8-10-21-34(30)38-35/h1-24,38H. The first-order valence-electron chi connectivity index (χ1n) is 13.2. The molecular formula is C37H25N. The van der Waals surface area contributed by atoms with Crippen LogP contribution in [0.25, 0.3) is 44.1 Å². The van der Waals surface area contributed by atoms with Crippen molar-refractivity contribution in [2.75, 3.05) is 0 Å². The van der Waals surface area contributed by atoms with Gasteiger partial charge in [-0.25, -0.2) is 0 Å². The minimum Gasteiger partial charge on any atom is -0.355 e. The number of hydrogen-bond acceptors (Lipinski definition) is 0. The molecule has 0 saturated carbocycles. The van der Waals surface area contributed by atoms with Crippen LogP contribution in [0.3, 0.4) is 0 Å². The van der Waals surface area contributed by atoms with Gasteiger partial charge in [0.05, 0.1) is 5.41 Å². The van der Waals surface area contributed by atoms with E-state index in [9.17, 15) is 0 Å². The fraction of sp³-hybridized carbons (Fsp3) is 0.0270. The number of nitrogens with one attached hydrogen (secondary N) is 1. The lowest BCUT2D eigenvalue weighted by Gasteiger charge is -2.35. The minimum atomic E-state index is -0.416. The highest BCUT2D eigenvalue weighted by Gasteiger charge is 2.47. The Bertz CT molecular complexity index is 1920. The Morgan fingerprint density at radius 2 is 1.03 bits per heavy atom. The monoisotopic (exact) mass is 483 g/mol. The van der Waals surface area contributed by atoms with Crippen molar-refractivity contribution in [2.24, 2.45) is 0 Å². The van der Waals surface area contributed by atoms with E-state index in [1.54, 1.807) is 0 Å². The van der Waals surface area contributed by atoms with Gasteiger partial charge in [-0.2, -0.15) is 0 Å². The van der Waals surface area contributed by atoms with E-state index in [1.807, 2.05) is 0 Å². The van der Waals surface area contributed by atoms with Crippen molar-refractivity contribution in [1.29, 1.82) is 0 Å². The van der Waals surface area contributed by atoms with Gasteiger partial charge in [0, 0.05) is 21.8 Å². The lowest BCUT2D eigenvalue weighted by Crippen LogP contribution is -2.29. The second-order valence-corrected chi connectivity index (χ2v) is 10.2. The number of benzene rings is 6. The van der Waals surface area contributed by atoms with Crippen molar-refractivity contribution in [3.8, 4) is 22.3 Å². The molecular weight excluding hydrogens is 458 g/mol. The first kappa shape index (κ1) is 21.2. The highest BCUT2D eigenvalue weighted by Crippen LogP contribution is 2.58. The summed E-state index contributed by atoms with van der Waals surface area (Å²) in [5.41, 5.74) is 12.3. The van der Waals surface area contributed by atoms with Crippen molar-refractivity contribution in [3.63, 3.8) is 0 Å². The van der Waals surface area contributed by atoms with Crippen LogP contribution >= 0.6 is 0 Å². The molecule has 0 unspecified atom stereocenters. The van der Waals surface area contributed by atoms with Crippen LogP contribution in [-0.4, -0.2) is 4.98 Å². The van der Waals surface area contributed by atoms with Crippen molar-refractivity contribution in [3.05, 3.63) is 168 Å². The first-order chi connectivity index (χ1) is 18.9. The second kappa shape index (κ2) is 8.06. The highest BCUT2D eigenvalue weighted by molar-refractivity contribution is 6.09. The summed E-state index contributed by atoms with van der Waals surface area (Å²) in [5.74, 6) is 0. The Kier molecular flexibility index (Phi) is 4.50. The molecule has 0 atom stereocenters. The summed E-state index contributed by atoms with van der Waals surface area (Å²) in [4.78, 5) is 3.59. The lowest BCUT2D eigenvalue weighted by atomic mass is 9.66. The predicted molar refractivity (Wildman–Crippen MR) is 159 cm³/mol. The van der Waals surface area contributed by atoms with Crippen LogP contribution < -0.4 is 0 Å². The van der Waals surface area contributed by atoms with Crippen molar-refractivity contribution >= 4 is 21.8 Å². The second-order valence-electron chi connectivity index (χ2n) is 10.2. The Labute approximate surface area is 222 Å². The Balaban J connectivity index is 1.51. The highest BCUT2D eigenvalue weighted by atomic mass is 14.7. The van der Waals surface area contributed by atoms with Gasteiger partial charge >= 0.3 is 0 Å². The van der Waals surface area contributed by atoms with Gasteiger partial charge in [-0.3, -0.25) is 0 Å². The van der Waals surface area contributed by atoms with E-state index < -0.39 is 5.41 Å². The largest absolute Gasteiger partial charge is 0.355 e. The van der Waals surface area contributed by atoms with Gasteiger partial charge in [0.25, 0.3) is 0 Å². The van der Waals surface area contributed by atoms with E-state index in [0.29, 0.717) is 0 Å². The van der Waals surface area contributed by atoms with Gasteiger partial charge < -0.3 is 4.98 Å². The minimum absolute atomic E-state index is 0.416. The molecule has 1 aromatic heterocycles. The fourth-order valence-electron chi connectivity index (χ4n) is 6.76. The molecule has 0 spiro atoms. The summed E-state index contributed by atoms with van der Waals surface area (Å²) in [6.45, 7) is 0. The topological polar surface area (TPSA) is 15.8 Å². The van der Waals surface area contributed by atoms with Crippen LogP contribution in [0.4, 0.5) is 0 Å². The molecule has 6 aromatic carbocycles. The molecule has 7 aromatic rings. The zero-order valence-electron chi connectivity index (χ0n) is 20.9. The molecule has 0 radical (unpaired) electrons. The normalized spacial score (nSPS) is 13.5. The third kappa shape index (κ3) is 2.82. The van der Waals surface area contributed by atoms with E-state index in [-0.39, 0.29) is 0 Å². The number of rotatable bonds is 3. The van der Waals surface area contributed by atoms with E-state index >= 15 is 0 Å². The molecule has 0 amide bonds. The van der Waals surface area contributed by atoms with Gasteiger partial charge in [-0.15, -0.1) is 0 Å². The molecule has 0 fully saturated rings. The molecule has 178 valence electrons. The van der Waals surface area contributed by atoms with Crippen LogP contribution in [0.5, 0.6) is 0 Å². The lowest BCUT2D eigenvalue weighted by molar-refractivity contribution is 0.770. The number of H-pyrrole nitrogens is 1. The maximum atomic E-state index is 3.59. The molecule has 0 bridgehead atoms. The predicted octanol–water partition coefficient (Wildman–Crippen LogP) is 9.35. The molecule has 1 nitrogen and oxygen atoms in total. The van der Waals surface area contributed by atoms with Crippen molar-refractivity contribution < 1.29 is 0 Å². The maximum Gasteiger partial charge on any atom is 0.0719 e. The Hall–Kier alpha value is -4.88. The molecule has 38 heavy (non-hydrogen) atoms. The van der Waals surface area contributed by atoms with Crippen molar-refractivity contribution in [1.82, 2.24) is 4.98 Å². The summed E-state index contributed by atoms with van der Waals surface area (Å²) in [6, 6.07) is 53.3. The smallest absolute Gasteiger partial charge is 0.0719 e. The molecule has 0 aliphatic heterocycles. The SMILES string of the molecule is c1ccc(C2(c3ccccc3)c3ccccc3-c3cccc(-c4ccc5[nH]c6ccccc6c5c4)c32)cc1. The van der Waals surface area contributed by atoms with Crippen LogP contribution in [-0.2, 0) is 5.41 Å². The van der Waals surface area contributed by atoms with Crippen LogP contribution in [0.1, 0.15) is 22.3 Å². The summed E-state index contributed by atoms with van der Waals surface area (Å²) in [6.07, 6.45) is 0. The summed E-state index contributed by atoms with van der Waals surface area (Å²) < 4.78 is 0. The first-order valence-corrected chi connectivity index (χ1v) is 13.2. The molecule has 1 aliphatic carbocycles. The number of hydrogen-bond donors (Lipinski definition) is 1. The third-order valence-electron chi connectivity index (χ3n) is 8.29. The van der Waals surface area contributed by atoms with Gasteiger partial charge in [0.2, 0.25) is 0 Å². The van der Waals surface area contributed by atoms with E-state index in [1.165, 1.54) is 66.3 Å². The quantitative estimate of drug-likeness (QED) is 0.258. The molecule has 0 saturated heterocycles. The third-order valence-corrected chi connectivity index (χ3v) is 8.29. The van der Waals surface area contributed by atoms with Gasteiger partial charge in [-0.05, 0) is 62.7 Å². The molecule has 1 aliphatic rings. The average molecular weight is 484 g/mol. The van der Waals surface area contributed by atoms with E-state index in [4.69, 9.17) is 0 Å². The van der Waals surface area contributed by atoms with Gasteiger partial charge in [0.1, 0.15) is 0 Å². The summed E-state index contributed by atoms with van der Waals surface area (Å²) >= 11 is 0. The maximum absolute atomic E-state index is 3.59. The zero-order valence-corrected chi connectivity index (χ0v) is 20.9. The number of fused-ring (bicyclic) bond motifs is 6. The average Bonchev–Trinajstić information content (AvgIpc) is 3.52. The number of aromatic amines is 1. The molecule has 1 heterocycles. The fourth-order valence-corrected chi connectivity index (χ4v) is 6.76. The molecule has 1 N–H and O–H groups in total. The van der Waals surface area contributed by atoms with Crippen LogP contribution in [0, 0.1) is 0 Å². The van der Waals surface area contributed by atoms with Gasteiger partial charge in [0.15, 0.2) is 0 Å². The number of para-hydroxylation sites is 1. The van der Waals surface area contributed by atoms with Crippen LogP contribution in [0.2, 0.25) is 0 Å². The molecule has 1 heteroatoms. The van der Waals surface area contributed by atoms with Crippen molar-refractivity contribution in [2.45, 2.75) is 5.41 Å². The van der Waals surface area contributed by atoms with E-state index in [2.05, 4.69) is 151 Å². The van der Waals surface area contributed by atoms with E-state index in [0.717, 1.165) is 0 Å². The molecule has 8 rings (SSSR count). The Morgan fingerprint density at radius 1 is 0.421 bits per heavy atom. The van der Waals surface area contributed by atoms with Gasteiger partial charge in [-0.1, -0.05) is 127 Å². The summed E-state index contributed by atoms with van der Waals surface area (Å²) in [7, 11) is 0. The number of aromatic nitrogens is 1. The Morgan fingerprint density at radius 3 is 1.82 bits per heavy atom. The summed E-state index contributed by atoms with van der Waals surface area (Å²) in [5, 5.41) is 2.52. The van der Waals surface area contributed by atoms with Crippen LogP contribution in [0.15, 0.2) is 146 Å². The zero-order chi connectivity index (χ0) is 25.1.